The Bertz CT molecular complexity index is 3160. The number of aromatic nitrogens is 4. The molecule has 7 aromatic rings. The Labute approximate surface area is 386 Å². The van der Waals surface area contributed by atoms with Crippen LogP contribution in [0.1, 0.15) is 22.8 Å². The highest BCUT2D eigenvalue weighted by Crippen LogP contribution is 2.47. The van der Waals surface area contributed by atoms with Crippen molar-refractivity contribution in [3.8, 4) is 102 Å². The molecule has 4 aromatic carbocycles. The molecule has 0 atom stereocenters. The second-order valence-corrected chi connectivity index (χ2v) is 15.3. The molecule has 3 N–H and O–H groups in total. The summed E-state index contributed by atoms with van der Waals surface area (Å²) in [7, 11) is 14.2. The van der Waals surface area contributed by atoms with Gasteiger partial charge in [-0.1, -0.05) is 12.1 Å². The molecule has 0 aliphatic carbocycles. The summed E-state index contributed by atoms with van der Waals surface area (Å²) in [4.78, 5) is 18.3. The molecule has 9 rings (SSSR count). The Morgan fingerprint density at radius 3 is 0.821 bits per heavy atom. The van der Waals surface area contributed by atoms with Crippen molar-refractivity contribution < 1.29 is 47.7 Å². The number of hydrogen-bond donors (Lipinski definition) is 3. The zero-order chi connectivity index (χ0) is 46.9. The summed E-state index contributed by atoms with van der Waals surface area (Å²) >= 11 is 0. The van der Waals surface area contributed by atoms with Crippen molar-refractivity contribution in [1.82, 2.24) is 19.9 Å². The monoisotopic (exact) mass is 900 g/mol. The van der Waals surface area contributed by atoms with Gasteiger partial charge in [0.1, 0.15) is 5.75 Å². The molecule has 8 bridgehead atoms. The molecule has 3 aromatic heterocycles. The SMILES string of the molecule is COc1cc(-c2c3nc(c(-c4cc(OC)c(OC)c(OC)c4)c4ccc([nH]4)c(-c4cc(OC)c(OC)c(OC)c4)c4nc(c(-c5ccc(O)cc5)c5ccc2[nH]5)C=C4)C=C3)cc(OC)c1OC. The van der Waals surface area contributed by atoms with Gasteiger partial charge in [-0.05, 0) is 119 Å². The molecular weight excluding hydrogens is 853 g/mol. The summed E-state index contributed by atoms with van der Waals surface area (Å²) in [5, 5.41) is 10.4. The number of nitrogens with one attached hydrogen (secondary N) is 2. The number of ether oxygens (including phenoxy) is 9. The lowest BCUT2D eigenvalue weighted by atomic mass is 10.0. The fourth-order valence-corrected chi connectivity index (χ4v) is 8.72. The van der Waals surface area contributed by atoms with E-state index in [0.29, 0.717) is 74.5 Å². The van der Waals surface area contributed by atoms with Gasteiger partial charge in [-0.25, -0.2) is 9.97 Å². The van der Waals surface area contributed by atoms with Crippen molar-refractivity contribution in [2.24, 2.45) is 0 Å². The van der Waals surface area contributed by atoms with Crippen LogP contribution in [0.3, 0.4) is 0 Å². The van der Waals surface area contributed by atoms with Crippen LogP contribution in [0, 0.1) is 0 Å². The molecule has 340 valence electrons. The van der Waals surface area contributed by atoms with Crippen molar-refractivity contribution in [2.75, 3.05) is 64.0 Å². The molecule has 0 spiro atoms. The third kappa shape index (κ3) is 7.71. The van der Waals surface area contributed by atoms with E-state index in [1.54, 1.807) is 76.1 Å². The largest absolute Gasteiger partial charge is 0.508 e. The fraction of sp³-hybridized carbons (Fsp3) is 0.170. The van der Waals surface area contributed by atoms with E-state index in [1.807, 2.05) is 97.1 Å². The van der Waals surface area contributed by atoms with Gasteiger partial charge in [0.15, 0.2) is 34.5 Å². The van der Waals surface area contributed by atoms with Crippen LogP contribution in [0.25, 0.3) is 90.9 Å². The Morgan fingerprint density at radius 1 is 0.328 bits per heavy atom. The number of hydrogen-bond acceptors (Lipinski definition) is 12. The van der Waals surface area contributed by atoms with Crippen molar-refractivity contribution in [1.29, 1.82) is 0 Å². The van der Waals surface area contributed by atoms with E-state index in [0.717, 1.165) is 66.6 Å². The maximum absolute atomic E-state index is 10.4. The van der Waals surface area contributed by atoms with Gasteiger partial charge in [-0.2, -0.15) is 0 Å². The predicted octanol–water partition coefficient (Wildman–Crippen LogP) is 11.1. The highest BCUT2D eigenvalue weighted by atomic mass is 16.5. The molecule has 0 unspecified atom stereocenters. The van der Waals surface area contributed by atoms with Gasteiger partial charge in [-0.3, -0.25) is 0 Å². The zero-order valence-electron chi connectivity index (χ0n) is 38.4. The van der Waals surface area contributed by atoms with Crippen molar-refractivity contribution in [3.63, 3.8) is 0 Å². The number of fused-ring (bicyclic) bond motifs is 8. The first-order valence-electron chi connectivity index (χ1n) is 21.1. The molecule has 2 aliphatic rings. The number of phenolic OH excluding ortho intramolecular Hbond substituents is 1. The number of aromatic amines is 2. The molecule has 14 heteroatoms. The van der Waals surface area contributed by atoms with E-state index in [2.05, 4.69) is 9.97 Å². The second-order valence-electron chi connectivity index (χ2n) is 15.3. The standard InChI is InChI=1S/C53H48N4O10/c1-59-41-22-29(23-42(60-2)51(41)65-7)48-35-16-14-33(54-35)47(28-10-12-32(58)13-11-28)34-15-17-36(55-34)49(30-24-43(61-3)52(66-8)44(25-30)62-4)38-19-21-40(57-38)50(39-20-18-37(48)56-39)31-26-45(63-5)53(67-9)46(27-31)64-6/h10-27,54,57-58H,1-9H3. The van der Waals surface area contributed by atoms with Crippen LogP contribution in [0.2, 0.25) is 0 Å². The Kier molecular flexibility index (Phi) is 11.9. The summed E-state index contributed by atoms with van der Waals surface area (Å²) < 4.78 is 52.4. The minimum atomic E-state index is 0.139. The first-order valence-corrected chi connectivity index (χ1v) is 21.1. The molecular formula is C53H48N4O10. The minimum Gasteiger partial charge on any atom is -0.508 e. The number of benzene rings is 4. The highest BCUT2D eigenvalue weighted by molar-refractivity contribution is 6.00. The van der Waals surface area contributed by atoms with Crippen LogP contribution in [0.5, 0.6) is 57.5 Å². The maximum atomic E-state index is 10.4. The lowest BCUT2D eigenvalue weighted by Crippen LogP contribution is -1.97. The second kappa shape index (κ2) is 18.2. The van der Waals surface area contributed by atoms with Crippen LogP contribution < -0.4 is 42.6 Å². The molecule has 0 amide bonds. The van der Waals surface area contributed by atoms with Crippen molar-refractivity contribution in [2.45, 2.75) is 0 Å². The van der Waals surface area contributed by atoms with E-state index >= 15 is 0 Å². The average molecular weight is 901 g/mol. The fourth-order valence-electron chi connectivity index (χ4n) is 8.72. The number of nitrogens with zero attached hydrogens (tertiary/aromatic N) is 2. The quantitative estimate of drug-likeness (QED) is 0.101. The maximum Gasteiger partial charge on any atom is 0.203 e. The predicted molar refractivity (Wildman–Crippen MR) is 261 cm³/mol. The summed E-state index contributed by atoms with van der Waals surface area (Å²) in [6.07, 6.45) is 7.94. The van der Waals surface area contributed by atoms with Gasteiger partial charge in [-0.15, -0.1) is 0 Å². The number of H-pyrrole nitrogens is 2. The van der Waals surface area contributed by atoms with E-state index in [-0.39, 0.29) is 5.75 Å². The third-order valence-corrected chi connectivity index (χ3v) is 11.8. The zero-order valence-corrected chi connectivity index (χ0v) is 38.4. The van der Waals surface area contributed by atoms with Crippen LogP contribution >= 0.6 is 0 Å². The number of phenols is 1. The lowest BCUT2D eigenvalue weighted by Gasteiger charge is -2.15. The van der Waals surface area contributed by atoms with E-state index < -0.39 is 0 Å². The number of aromatic hydroxyl groups is 1. The molecule has 2 aliphatic heterocycles. The normalized spacial score (nSPS) is 11.6. The van der Waals surface area contributed by atoms with Gasteiger partial charge < -0.3 is 57.7 Å². The molecule has 14 nitrogen and oxygen atoms in total. The molecule has 5 heterocycles. The highest BCUT2D eigenvalue weighted by Gasteiger charge is 2.24. The van der Waals surface area contributed by atoms with Gasteiger partial charge >= 0.3 is 0 Å². The van der Waals surface area contributed by atoms with Crippen LogP contribution in [0.4, 0.5) is 0 Å². The van der Waals surface area contributed by atoms with Crippen molar-refractivity contribution in [3.05, 3.63) is 108 Å². The van der Waals surface area contributed by atoms with Gasteiger partial charge in [0.25, 0.3) is 0 Å². The first-order chi connectivity index (χ1) is 32.7. The summed E-state index contributed by atoms with van der Waals surface area (Å²) in [5.41, 5.74) is 11.6. The first kappa shape index (κ1) is 43.7. The minimum absolute atomic E-state index is 0.139. The smallest absolute Gasteiger partial charge is 0.203 e. The van der Waals surface area contributed by atoms with Crippen LogP contribution in [-0.4, -0.2) is 89.0 Å². The van der Waals surface area contributed by atoms with Gasteiger partial charge in [0.2, 0.25) is 17.2 Å². The summed E-state index contributed by atoms with van der Waals surface area (Å²) in [6.45, 7) is 0. The number of methoxy groups -OCH3 is 9. The molecule has 0 saturated heterocycles. The van der Waals surface area contributed by atoms with Crippen LogP contribution in [-0.2, 0) is 0 Å². The summed E-state index contributed by atoms with van der Waals surface area (Å²) in [6, 6.07) is 26.5. The van der Waals surface area contributed by atoms with Crippen molar-refractivity contribution >= 4 is 46.4 Å². The Hall–Kier alpha value is -8.52. The topological polar surface area (TPSA) is 161 Å². The van der Waals surface area contributed by atoms with E-state index in [4.69, 9.17) is 52.6 Å². The average Bonchev–Trinajstić information content (AvgIpc) is 4.22. The Morgan fingerprint density at radius 2 is 0.582 bits per heavy atom. The van der Waals surface area contributed by atoms with E-state index in [9.17, 15) is 5.11 Å². The molecule has 0 saturated carbocycles. The Balaban J connectivity index is 1.50. The van der Waals surface area contributed by atoms with Gasteiger partial charge in [0, 0.05) is 44.3 Å². The molecule has 67 heavy (non-hydrogen) atoms. The van der Waals surface area contributed by atoms with E-state index in [1.165, 1.54) is 0 Å². The summed E-state index contributed by atoms with van der Waals surface area (Å²) in [5.74, 6) is 4.34. The van der Waals surface area contributed by atoms with Crippen LogP contribution in [0.15, 0.2) is 84.9 Å². The third-order valence-electron chi connectivity index (χ3n) is 11.8. The molecule has 0 fully saturated rings. The van der Waals surface area contributed by atoms with Gasteiger partial charge in [0.05, 0.1) is 86.8 Å². The molecule has 0 radical (unpaired) electrons. The number of rotatable bonds is 13. The lowest BCUT2D eigenvalue weighted by molar-refractivity contribution is 0.324.